The van der Waals surface area contributed by atoms with E-state index in [-0.39, 0.29) is 17.6 Å². The molecule has 1 saturated heterocycles. The second-order valence-corrected chi connectivity index (χ2v) is 10.0. The average molecular weight is 463 g/mol. The molecule has 8 heteroatoms. The summed E-state index contributed by atoms with van der Waals surface area (Å²) in [6.07, 6.45) is 2.35. The number of benzene rings is 1. The largest absolute Gasteiger partial charge is 0.392 e. The van der Waals surface area contributed by atoms with Crippen molar-refractivity contribution in [1.82, 2.24) is 15.2 Å². The Hall–Kier alpha value is -2.13. The summed E-state index contributed by atoms with van der Waals surface area (Å²) in [4.78, 5) is 27.8. The smallest absolute Gasteiger partial charge is 0.207 e. The molecule has 0 bridgehead atoms. The number of aliphatic hydroxyl groups is 1. The summed E-state index contributed by atoms with van der Waals surface area (Å²) < 4.78 is 0. The lowest BCUT2D eigenvalue weighted by atomic mass is 9.89. The van der Waals surface area contributed by atoms with Gasteiger partial charge in [0, 0.05) is 19.1 Å². The Morgan fingerprint density at radius 3 is 2.25 bits per heavy atom. The highest BCUT2D eigenvalue weighted by Gasteiger charge is 2.23. The minimum Gasteiger partial charge on any atom is -0.392 e. The van der Waals surface area contributed by atoms with Crippen molar-refractivity contribution >= 4 is 24.0 Å². The maximum atomic E-state index is 10.2. The molecule has 0 aliphatic carbocycles. The van der Waals surface area contributed by atoms with Gasteiger partial charge in [-0.15, -0.1) is 11.3 Å². The lowest BCUT2D eigenvalue weighted by Gasteiger charge is -2.20. The molecule has 1 aromatic carbocycles. The molecule has 4 N–H and O–H groups in total. The molecule has 3 rings (SSSR count). The van der Waals surface area contributed by atoms with Gasteiger partial charge in [0.05, 0.1) is 28.2 Å². The van der Waals surface area contributed by atoms with Gasteiger partial charge in [0.15, 0.2) is 0 Å². The summed E-state index contributed by atoms with van der Waals surface area (Å²) in [5.41, 5.74) is 10.5. The third-order valence-electron chi connectivity index (χ3n) is 5.36. The van der Waals surface area contributed by atoms with Crippen LogP contribution in [-0.2, 0) is 16.1 Å². The van der Waals surface area contributed by atoms with Crippen molar-refractivity contribution in [3.63, 3.8) is 0 Å². The van der Waals surface area contributed by atoms with Gasteiger partial charge in [0.2, 0.25) is 6.41 Å². The number of nitrogens with one attached hydrogen (secondary N) is 1. The van der Waals surface area contributed by atoms with E-state index in [0.29, 0.717) is 19.0 Å². The minimum absolute atomic E-state index is 0.0741. The second-order valence-electron chi connectivity index (χ2n) is 9.17. The van der Waals surface area contributed by atoms with Crippen LogP contribution < -0.4 is 11.1 Å². The number of nitrogens with two attached hydrogens (primary N) is 1. The Labute approximate surface area is 196 Å². The van der Waals surface area contributed by atoms with Gasteiger partial charge >= 0.3 is 0 Å². The fraction of sp³-hybridized carbons (Fsp3) is 0.542. The SMILES string of the molecule is CC(C)(C)C(N)C=O.CC1CC(O)CN1C.Cc1ncsc1-c1ccc(CNC=O)cc1. The van der Waals surface area contributed by atoms with Crippen molar-refractivity contribution in [3.05, 3.63) is 41.0 Å². The number of rotatable bonds is 5. The number of amides is 1. The first-order valence-electron chi connectivity index (χ1n) is 10.7. The third-order valence-corrected chi connectivity index (χ3v) is 6.34. The number of aryl methyl sites for hydroxylation is 1. The molecular weight excluding hydrogens is 424 g/mol. The molecule has 178 valence electrons. The molecule has 7 nitrogen and oxygen atoms in total. The number of hydrogen-bond acceptors (Lipinski definition) is 7. The van der Waals surface area contributed by atoms with Gasteiger partial charge in [-0.05, 0) is 43.9 Å². The highest BCUT2D eigenvalue weighted by atomic mass is 32.1. The van der Waals surface area contributed by atoms with Crippen LogP contribution in [0, 0.1) is 12.3 Å². The lowest BCUT2D eigenvalue weighted by Crippen LogP contribution is -2.36. The molecule has 1 aliphatic rings. The molecule has 1 amide bonds. The number of thiazole rings is 1. The average Bonchev–Trinajstić information content (AvgIpc) is 3.30. The highest BCUT2D eigenvalue weighted by Crippen LogP contribution is 2.27. The predicted molar refractivity (Wildman–Crippen MR) is 131 cm³/mol. The molecule has 0 radical (unpaired) electrons. The summed E-state index contributed by atoms with van der Waals surface area (Å²) in [6, 6.07) is 8.40. The molecular formula is C24H38N4O3S. The first-order valence-corrected chi connectivity index (χ1v) is 11.6. The van der Waals surface area contributed by atoms with Crippen molar-refractivity contribution < 1.29 is 14.7 Å². The second kappa shape index (κ2) is 13.4. The van der Waals surface area contributed by atoms with Gasteiger partial charge in [-0.2, -0.15) is 0 Å². The zero-order chi connectivity index (χ0) is 24.3. The third kappa shape index (κ3) is 9.56. The fourth-order valence-electron chi connectivity index (χ4n) is 2.88. The van der Waals surface area contributed by atoms with Crippen LogP contribution in [-0.4, -0.2) is 59.5 Å². The van der Waals surface area contributed by atoms with Crippen LogP contribution in [0.4, 0.5) is 0 Å². The molecule has 1 aromatic heterocycles. The van der Waals surface area contributed by atoms with Crippen molar-refractivity contribution in [3.8, 4) is 10.4 Å². The molecule has 32 heavy (non-hydrogen) atoms. The van der Waals surface area contributed by atoms with E-state index in [1.54, 1.807) is 11.3 Å². The number of nitrogens with zero attached hydrogens (tertiary/aromatic N) is 2. The number of carbonyl (C=O) groups is 2. The normalized spacial score (nSPS) is 19.1. The zero-order valence-corrected chi connectivity index (χ0v) is 20.9. The van der Waals surface area contributed by atoms with Crippen LogP contribution in [0.3, 0.4) is 0 Å². The monoisotopic (exact) mass is 462 g/mol. The lowest BCUT2D eigenvalue weighted by molar-refractivity contribution is -0.111. The molecule has 0 spiro atoms. The van der Waals surface area contributed by atoms with Crippen LogP contribution in [0.25, 0.3) is 10.4 Å². The molecule has 2 aromatic rings. The van der Waals surface area contributed by atoms with Gasteiger partial charge in [0.1, 0.15) is 6.29 Å². The van der Waals surface area contributed by atoms with Crippen LogP contribution in [0.2, 0.25) is 0 Å². The van der Waals surface area contributed by atoms with Crippen LogP contribution in [0.15, 0.2) is 29.8 Å². The summed E-state index contributed by atoms with van der Waals surface area (Å²) in [5.74, 6) is 0. The number of β-amino-alcohol motifs (C(OH)–C–C–N with tert-alkyl or cyclic N) is 1. The van der Waals surface area contributed by atoms with Crippen LogP contribution in [0.1, 0.15) is 45.4 Å². The van der Waals surface area contributed by atoms with Gasteiger partial charge in [-0.1, -0.05) is 45.0 Å². The number of aliphatic hydroxyl groups excluding tert-OH is 1. The van der Waals surface area contributed by atoms with Crippen molar-refractivity contribution in [1.29, 1.82) is 0 Å². The number of carbonyl (C=O) groups excluding carboxylic acids is 2. The van der Waals surface area contributed by atoms with E-state index in [0.717, 1.165) is 30.5 Å². The molecule has 2 heterocycles. The topological polar surface area (TPSA) is 109 Å². The highest BCUT2D eigenvalue weighted by molar-refractivity contribution is 7.13. The summed E-state index contributed by atoms with van der Waals surface area (Å²) >= 11 is 1.64. The zero-order valence-electron chi connectivity index (χ0n) is 20.0. The van der Waals surface area contributed by atoms with Crippen molar-refractivity contribution in [2.24, 2.45) is 11.1 Å². The maximum Gasteiger partial charge on any atom is 0.207 e. The van der Waals surface area contributed by atoms with E-state index >= 15 is 0 Å². The molecule has 3 atom stereocenters. The Balaban J connectivity index is 0.000000270. The van der Waals surface area contributed by atoms with E-state index in [9.17, 15) is 9.59 Å². The molecule has 1 fully saturated rings. The van der Waals surface area contributed by atoms with Crippen LogP contribution >= 0.6 is 11.3 Å². The van der Waals surface area contributed by atoms with Crippen molar-refractivity contribution in [2.75, 3.05) is 13.6 Å². The number of aldehydes is 1. The fourth-order valence-corrected chi connectivity index (χ4v) is 3.69. The number of hydrogen-bond donors (Lipinski definition) is 3. The number of likely N-dealkylation sites (tertiary alicyclic amines) is 1. The maximum absolute atomic E-state index is 10.2. The van der Waals surface area contributed by atoms with E-state index in [4.69, 9.17) is 10.8 Å². The van der Waals surface area contributed by atoms with E-state index in [2.05, 4.69) is 34.3 Å². The van der Waals surface area contributed by atoms with E-state index in [1.165, 1.54) is 10.4 Å². The summed E-state index contributed by atoms with van der Waals surface area (Å²) in [6.45, 7) is 11.4. The van der Waals surface area contributed by atoms with Gasteiger partial charge in [-0.3, -0.25) is 4.79 Å². The Kier molecular flexibility index (Phi) is 11.7. The molecule has 3 unspecified atom stereocenters. The van der Waals surface area contributed by atoms with Crippen LogP contribution in [0.5, 0.6) is 0 Å². The van der Waals surface area contributed by atoms with Crippen molar-refractivity contribution in [2.45, 2.75) is 65.8 Å². The molecule has 1 aliphatic heterocycles. The van der Waals surface area contributed by atoms with Gasteiger partial charge < -0.3 is 25.9 Å². The van der Waals surface area contributed by atoms with E-state index in [1.807, 2.05) is 52.4 Å². The van der Waals surface area contributed by atoms with E-state index < -0.39 is 0 Å². The number of aromatic nitrogens is 1. The van der Waals surface area contributed by atoms with Gasteiger partial charge in [-0.25, -0.2) is 4.98 Å². The first kappa shape index (κ1) is 27.9. The minimum atomic E-state index is -0.331. The Morgan fingerprint density at radius 2 is 1.94 bits per heavy atom. The first-order chi connectivity index (χ1) is 15.0. The van der Waals surface area contributed by atoms with Gasteiger partial charge in [0.25, 0.3) is 0 Å². The Bertz CT molecular complexity index is 807. The standard InChI is InChI=1S/C12H12N2OS.2C6H13NO/c1-9-12(16-8-14-9)11-4-2-10(3-5-11)6-13-7-15;1-5-3-6(8)4-7(5)2;1-6(2,3)5(7)4-8/h2-5,7-8H,6H2,1H3,(H,13,15);5-6,8H,3-4H2,1-2H3;4-5H,7H2,1-3H3. The number of likely N-dealkylation sites (N-methyl/N-ethyl adjacent to an activating group) is 1. The summed E-state index contributed by atoms with van der Waals surface area (Å²) in [7, 11) is 2.04. The summed E-state index contributed by atoms with van der Waals surface area (Å²) in [5, 5.41) is 11.7. The Morgan fingerprint density at radius 1 is 1.31 bits per heavy atom. The predicted octanol–water partition coefficient (Wildman–Crippen LogP) is 2.99. The quantitative estimate of drug-likeness (QED) is 0.590. The molecule has 0 saturated carbocycles.